The largest absolute Gasteiger partial charge is 0.493 e. The van der Waals surface area contributed by atoms with E-state index in [0.717, 1.165) is 5.56 Å². The third kappa shape index (κ3) is 3.27. The molecule has 0 aliphatic carbocycles. The van der Waals surface area contributed by atoms with Crippen molar-refractivity contribution in [3.63, 3.8) is 0 Å². The van der Waals surface area contributed by atoms with Gasteiger partial charge < -0.3 is 10.5 Å². The molecule has 1 rings (SSSR count). The van der Waals surface area contributed by atoms with E-state index >= 15 is 0 Å². The summed E-state index contributed by atoms with van der Waals surface area (Å²) in [7, 11) is 0. The van der Waals surface area contributed by atoms with Crippen LogP contribution in [0.3, 0.4) is 0 Å². The number of amidine groups is 1. The minimum absolute atomic E-state index is 0.0498. The summed E-state index contributed by atoms with van der Waals surface area (Å²) in [6, 6.07) is 5.67. The van der Waals surface area contributed by atoms with Gasteiger partial charge in [0.2, 0.25) is 0 Å². The minimum Gasteiger partial charge on any atom is -0.493 e. The molecule has 82 valence electrons. The van der Waals surface area contributed by atoms with Gasteiger partial charge in [-0.15, -0.1) is 0 Å². The number of nitrogen functional groups attached to an aromatic ring is 1. The van der Waals surface area contributed by atoms with Crippen LogP contribution in [0, 0.1) is 18.3 Å². The van der Waals surface area contributed by atoms with Gasteiger partial charge in [0.25, 0.3) is 0 Å². The van der Waals surface area contributed by atoms with E-state index in [1.807, 2.05) is 25.1 Å². The van der Waals surface area contributed by atoms with E-state index in [2.05, 4.69) is 13.8 Å². The quantitative estimate of drug-likeness (QED) is 0.586. The van der Waals surface area contributed by atoms with Gasteiger partial charge in [-0.05, 0) is 30.5 Å². The zero-order valence-corrected chi connectivity index (χ0v) is 9.50. The summed E-state index contributed by atoms with van der Waals surface area (Å²) in [5.74, 6) is 1.22. The third-order valence-electron chi connectivity index (χ3n) is 2.00. The fraction of sp³-hybridized carbons (Fsp3) is 0.417. The van der Waals surface area contributed by atoms with Gasteiger partial charge in [0.15, 0.2) is 0 Å². The summed E-state index contributed by atoms with van der Waals surface area (Å²) in [6.07, 6.45) is 0. The number of hydrogen-bond acceptors (Lipinski definition) is 2. The maximum Gasteiger partial charge on any atom is 0.130 e. The van der Waals surface area contributed by atoms with Crippen molar-refractivity contribution in [2.75, 3.05) is 6.61 Å². The van der Waals surface area contributed by atoms with Crippen molar-refractivity contribution in [2.24, 2.45) is 11.7 Å². The fourth-order valence-corrected chi connectivity index (χ4v) is 1.23. The Balaban J connectivity index is 2.92. The predicted molar refractivity (Wildman–Crippen MR) is 62.5 cm³/mol. The number of hydrogen-bond donors (Lipinski definition) is 2. The Hall–Kier alpha value is -1.51. The first-order chi connectivity index (χ1) is 7.00. The van der Waals surface area contributed by atoms with E-state index < -0.39 is 0 Å². The lowest BCUT2D eigenvalue weighted by Gasteiger charge is -2.13. The number of aryl methyl sites for hydroxylation is 1. The highest BCUT2D eigenvalue weighted by atomic mass is 16.5. The summed E-state index contributed by atoms with van der Waals surface area (Å²) in [6.45, 7) is 6.81. The van der Waals surface area contributed by atoms with E-state index in [-0.39, 0.29) is 5.84 Å². The van der Waals surface area contributed by atoms with Gasteiger partial charge in [0.05, 0.1) is 12.2 Å². The number of nitrogens with one attached hydrogen (secondary N) is 1. The molecule has 0 aliphatic heterocycles. The Labute approximate surface area is 90.8 Å². The maximum atomic E-state index is 7.43. The second-order valence-electron chi connectivity index (χ2n) is 4.12. The topological polar surface area (TPSA) is 59.1 Å². The second-order valence-corrected chi connectivity index (χ2v) is 4.12. The van der Waals surface area contributed by atoms with E-state index in [1.165, 1.54) is 0 Å². The first-order valence-corrected chi connectivity index (χ1v) is 5.08. The van der Waals surface area contributed by atoms with Crippen LogP contribution >= 0.6 is 0 Å². The Bertz CT molecular complexity index is 359. The van der Waals surface area contributed by atoms with Crippen molar-refractivity contribution in [3.05, 3.63) is 29.3 Å². The first-order valence-electron chi connectivity index (χ1n) is 5.08. The van der Waals surface area contributed by atoms with Gasteiger partial charge in [0, 0.05) is 0 Å². The van der Waals surface area contributed by atoms with E-state index in [9.17, 15) is 0 Å². The van der Waals surface area contributed by atoms with Crippen molar-refractivity contribution in [1.29, 1.82) is 5.41 Å². The smallest absolute Gasteiger partial charge is 0.130 e. The molecule has 0 amide bonds. The molecule has 3 nitrogen and oxygen atoms in total. The normalized spacial score (nSPS) is 10.4. The van der Waals surface area contributed by atoms with Crippen LogP contribution in [0.15, 0.2) is 18.2 Å². The molecule has 0 saturated heterocycles. The Morgan fingerprint density at radius 2 is 2.13 bits per heavy atom. The van der Waals surface area contributed by atoms with Crippen molar-refractivity contribution >= 4 is 5.84 Å². The number of benzene rings is 1. The zero-order chi connectivity index (χ0) is 11.4. The molecule has 0 atom stereocenters. The summed E-state index contributed by atoms with van der Waals surface area (Å²) in [4.78, 5) is 0. The molecule has 0 aromatic heterocycles. The van der Waals surface area contributed by atoms with Crippen molar-refractivity contribution in [3.8, 4) is 5.75 Å². The zero-order valence-electron chi connectivity index (χ0n) is 9.50. The molecule has 0 aliphatic rings. The monoisotopic (exact) mass is 206 g/mol. The molecule has 3 heteroatoms. The molecule has 0 unspecified atom stereocenters. The molecule has 1 aromatic rings. The van der Waals surface area contributed by atoms with Crippen LogP contribution in [0.5, 0.6) is 5.75 Å². The van der Waals surface area contributed by atoms with E-state index in [0.29, 0.717) is 23.8 Å². The molecule has 0 heterocycles. The molecule has 3 N–H and O–H groups in total. The summed E-state index contributed by atoms with van der Waals surface area (Å²) < 4.78 is 5.62. The molecular formula is C12H18N2O. The third-order valence-corrected chi connectivity index (χ3v) is 2.00. The minimum atomic E-state index is 0.0498. The van der Waals surface area contributed by atoms with Crippen LogP contribution in [0.2, 0.25) is 0 Å². The Morgan fingerprint density at radius 3 is 2.67 bits per heavy atom. The summed E-state index contributed by atoms with van der Waals surface area (Å²) >= 11 is 0. The molecule has 0 bridgehead atoms. The molecule has 0 radical (unpaired) electrons. The molecule has 0 fully saturated rings. The second kappa shape index (κ2) is 4.82. The lowest BCUT2D eigenvalue weighted by Crippen LogP contribution is -2.14. The van der Waals surface area contributed by atoms with Crippen LogP contribution in [0.4, 0.5) is 0 Å². The van der Waals surface area contributed by atoms with E-state index in [1.54, 1.807) is 0 Å². The Morgan fingerprint density at radius 1 is 1.47 bits per heavy atom. The van der Waals surface area contributed by atoms with E-state index in [4.69, 9.17) is 15.9 Å². The van der Waals surface area contributed by atoms with Crippen molar-refractivity contribution in [2.45, 2.75) is 20.8 Å². The average molecular weight is 206 g/mol. The molecular weight excluding hydrogens is 188 g/mol. The summed E-state index contributed by atoms with van der Waals surface area (Å²) in [5, 5.41) is 7.43. The molecule has 15 heavy (non-hydrogen) atoms. The van der Waals surface area contributed by atoms with Gasteiger partial charge >= 0.3 is 0 Å². The summed E-state index contributed by atoms with van der Waals surface area (Å²) in [5.41, 5.74) is 7.25. The fourth-order valence-electron chi connectivity index (χ4n) is 1.23. The highest BCUT2D eigenvalue weighted by Gasteiger charge is 2.07. The van der Waals surface area contributed by atoms with Crippen molar-refractivity contribution in [1.82, 2.24) is 0 Å². The SMILES string of the molecule is Cc1ccc(C(=N)N)c(OCC(C)C)c1. The Kier molecular flexibility index (Phi) is 3.72. The lowest BCUT2D eigenvalue weighted by atomic mass is 10.1. The predicted octanol–water partition coefficient (Wildman–Crippen LogP) is 2.31. The highest BCUT2D eigenvalue weighted by Crippen LogP contribution is 2.20. The number of ether oxygens (including phenoxy) is 1. The van der Waals surface area contributed by atoms with Crippen LogP contribution in [-0.2, 0) is 0 Å². The van der Waals surface area contributed by atoms with Gasteiger partial charge in [-0.25, -0.2) is 0 Å². The molecule has 0 spiro atoms. The average Bonchev–Trinajstić information content (AvgIpc) is 2.14. The maximum absolute atomic E-state index is 7.43. The van der Waals surface area contributed by atoms with Crippen LogP contribution in [-0.4, -0.2) is 12.4 Å². The van der Waals surface area contributed by atoms with Crippen LogP contribution in [0.25, 0.3) is 0 Å². The van der Waals surface area contributed by atoms with Gasteiger partial charge in [-0.1, -0.05) is 19.9 Å². The van der Waals surface area contributed by atoms with Gasteiger partial charge in [-0.2, -0.15) is 0 Å². The van der Waals surface area contributed by atoms with Crippen LogP contribution < -0.4 is 10.5 Å². The standard InChI is InChI=1S/C12H18N2O/c1-8(2)7-15-11-6-9(3)4-5-10(11)12(13)14/h4-6,8H,7H2,1-3H3,(H3,13,14). The molecule has 0 saturated carbocycles. The molecule has 1 aromatic carbocycles. The van der Waals surface area contributed by atoms with Gasteiger partial charge in [-0.3, -0.25) is 5.41 Å². The number of rotatable bonds is 4. The lowest BCUT2D eigenvalue weighted by molar-refractivity contribution is 0.270. The highest BCUT2D eigenvalue weighted by molar-refractivity contribution is 5.97. The first kappa shape index (κ1) is 11.6. The van der Waals surface area contributed by atoms with Gasteiger partial charge in [0.1, 0.15) is 11.6 Å². The number of nitrogens with two attached hydrogens (primary N) is 1. The van der Waals surface area contributed by atoms with Crippen molar-refractivity contribution < 1.29 is 4.74 Å². The van der Waals surface area contributed by atoms with Crippen LogP contribution in [0.1, 0.15) is 25.0 Å².